The molecule has 26 heavy (non-hydrogen) atoms. The first-order chi connectivity index (χ1) is 12.7. The monoisotopic (exact) mass is 353 g/mol. The summed E-state index contributed by atoms with van der Waals surface area (Å²) in [5, 5.41) is 6.78. The van der Waals surface area contributed by atoms with E-state index in [1.165, 1.54) is 12.1 Å². The summed E-state index contributed by atoms with van der Waals surface area (Å²) in [5.41, 5.74) is 2.91. The molecule has 2 aliphatic heterocycles. The van der Waals surface area contributed by atoms with Crippen LogP contribution in [0.2, 0.25) is 0 Å². The number of amides is 1. The van der Waals surface area contributed by atoms with Gasteiger partial charge >= 0.3 is 0 Å². The van der Waals surface area contributed by atoms with Crippen LogP contribution in [0.25, 0.3) is 0 Å². The first-order valence-corrected chi connectivity index (χ1v) is 8.83. The maximum absolute atomic E-state index is 14.0. The van der Waals surface area contributed by atoms with Crippen LogP contribution in [0.15, 0.2) is 53.7 Å². The molecule has 0 bridgehead atoms. The van der Waals surface area contributed by atoms with Gasteiger partial charge in [-0.25, -0.2) is 4.39 Å². The van der Waals surface area contributed by atoms with E-state index in [4.69, 9.17) is 4.84 Å². The minimum Gasteiger partial charge on any atom is -0.382 e. The third-order valence-electron chi connectivity index (χ3n) is 4.69. The molecule has 1 saturated heterocycles. The topological polar surface area (TPSA) is 53.9 Å². The minimum absolute atomic E-state index is 0.322. The van der Waals surface area contributed by atoms with Crippen molar-refractivity contribution in [1.29, 1.82) is 0 Å². The van der Waals surface area contributed by atoms with Crippen LogP contribution in [-0.4, -0.2) is 30.8 Å². The summed E-state index contributed by atoms with van der Waals surface area (Å²) in [4.78, 5) is 19.9. The lowest BCUT2D eigenvalue weighted by molar-refractivity contribution is -0.125. The first kappa shape index (κ1) is 16.6. The summed E-state index contributed by atoms with van der Waals surface area (Å²) >= 11 is 0. The number of halogens is 1. The number of benzene rings is 2. The second-order valence-electron chi connectivity index (χ2n) is 6.58. The lowest BCUT2D eigenvalue weighted by Crippen LogP contribution is -2.28. The van der Waals surface area contributed by atoms with E-state index in [0.717, 1.165) is 42.9 Å². The number of rotatable bonds is 4. The third-order valence-corrected chi connectivity index (χ3v) is 4.69. The van der Waals surface area contributed by atoms with Gasteiger partial charge in [-0.1, -0.05) is 35.5 Å². The Morgan fingerprint density at radius 2 is 1.92 bits per heavy atom. The largest absolute Gasteiger partial charge is 0.382 e. The fraction of sp³-hybridized carbons (Fsp3) is 0.300. The van der Waals surface area contributed by atoms with Crippen LogP contribution < -0.4 is 10.2 Å². The van der Waals surface area contributed by atoms with E-state index < -0.39 is 6.10 Å². The number of hydrogen-bond donors (Lipinski definition) is 1. The highest BCUT2D eigenvalue weighted by molar-refractivity contribution is 6.06. The molecule has 2 aliphatic rings. The van der Waals surface area contributed by atoms with Crippen molar-refractivity contribution in [1.82, 2.24) is 0 Å². The van der Waals surface area contributed by atoms with Gasteiger partial charge in [0.1, 0.15) is 5.82 Å². The van der Waals surface area contributed by atoms with Crippen LogP contribution in [0, 0.1) is 5.82 Å². The molecule has 1 fully saturated rings. The van der Waals surface area contributed by atoms with Gasteiger partial charge < -0.3 is 15.1 Å². The van der Waals surface area contributed by atoms with E-state index in [9.17, 15) is 9.18 Å². The highest BCUT2D eigenvalue weighted by Crippen LogP contribution is 2.26. The number of hydrogen-bond acceptors (Lipinski definition) is 4. The van der Waals surface area contributed by atoms with E-state index in [-0.39, 0.29) is 11.7 Å². The summed E-state index contributed by atoms with van der Waals surface area (Å²) in [6.45, 7) is 1.83. The summed E-state index contributed by atoms with van der Waals surface area (Å²) in [7, 11) is 0. The Labute approximate surface area is 151 Å². The van der Waals surface area contributed by atoms with Crippen LogP contribution in [-0.2, 0) is 9.63 Å². The second-order valence-corrected chi connectivity index (χ2v) is 6.58. The second kappa shape index (κ2) is 7.15. The molecular weight excluding hydrogens is 333 g/mol. The molecule has 0 aliphatic carbocycles. The molecule has 2 aromatic rings. The first-order valence-electron chi connectivity index (χ1n) is 8.83. The number of carbonyl (C=O) groups is 1. The van der Waals surface area contributed by atoms with Crippen molar-refractivity contribution in [2.45, 2.75) is 25.4 Å². The number of carbonyl (C=O) groups excluding carboxylic acids is 1. The molecule has 2 heterocycles. The Balaban J connectivity index is 1.42. The molecule has 4 rings (SSSR count). The maximum Gasteiger partial charge on any atom is 0.268 e. The average molecular weight is 353 g/mol. The van der Waals surface area contributed by atoms with Gasteiger partial charge in [-0.3, -0.25) is 4.79 Å². The molecule has 5 nitrogen and oxygen atoms in total. The quantitative estimate of drug-likeness (QED) is 0.914. The van der Waals surface area contributed by atoms with Gasteiger partial charge in [-0.2, -0.15) is 0 Å². The Morgan fingerprint density at radius 1 is 1.15 bits per heavy atom. The summed E-state index contributed by atoms with van der Waals surface area (Å²) in [6, 6.07) is 14.2. The maximum atomic E-state index is 14.0. The molecule has 0 saturated carbocycles. The van der Waals surface area contributed by atoms with Gasteiger partial charge in [0.25, 0.3) is 5.91 Å². The molecule has 1 amide bonds. The zero-order valence-corrected chi connectivity index (χ0v) is 14.3. The molecule has 1 atom stereocenters. The summed E-state index contributed by atoms with van der Waals surface area (Å²) in [6.07, 6.45) is 1.90. The fourth-order valence-corrected chi connectivity index (χ4v) is 3.35. The van der Waals surface area contributed by atoms with Crippen LogP contribution in [0.1, 0.15) is 24.8 Å². The van der Waals surface area contributed by atoms with Gasteiger partial charge in [0.15, 0.2) is 0 Å². The third kappa shape index (κ3) is 3.54. The van der Waals surface area contributed by atoms with E-state index in [1.54, 1.807) is 6.07 Å². The van der Waals surface area contributed by atoms with Crippen molar-refractivity contribution in [2.75, 3.05) is 23.3 Å². The van der Waals surface area contributed by atoms with E-state index in [0.29, 0.717) is 12.1 Å². The van der Waals surface area contributed by atoms with Crippen molar-refractivity contribution in [3.63, 3.8) is 0 Å². The zero-order chi connectivity index (χ0) is 17.9. The van der Waals surface area contributed by atoms with Gasteiger partial charge in [-0.05, 0) is 36.6 Å². The molecule has 0 aromatic heterocycles. The molecule has 134 valence electrons. The van der Waals surface area contributed by atoms with Crippen LogP contribution in [0.5, 0.6) is 0 Å². The minimum atomic E-state index is -0.705. The smallest absolute Gasteiger partial charge is 0.268 e. The van der Waals surface area contributed by atoms with Gasteiger partial charge in [0, 0.05) is 30.9 Å². The van der Waals surface area contributed by atoms with Gasteiger partial charge in [0.05, 0.1) is 5.71 Å². The molecular formula is C20H20FN3O2. The number of nitrogens with one attached hydrogen (secondary N) is 1. The number of oxime groups is 1. The lowest BCUT2D eigenvalue weighted by atomic mass is 10.0. The molecule has 2 aromatic carbocycles. The lowest BCUT2D eigenvalue weighted by Gasteiger charge is -2.19. The van der Waals surface area contributed by atoms with Crippen molar-refractivity contribution in [2.24, 2.45) is 5.16 Å². The Hall–Kier alpha value is -2.89. The molecule has 1 unspecified atom stereocenters. The predicted molar refractivity (Wildman–Crippen MR) is 98.9 cm³/mol. The predicted octanol–water partition coefficient (Wildman–Crippen LogP) is 3.56. The Morgan fingerprint density at radius 3 is 2.69 bits per heavy atom. The Bertz CT molecular complexity index is 832. The van der Waals surface area contributed by atoms with Crippen LogP contribution in [0.4, 0.5) is 15.8 Å². The number of nitrogens with zero attached hydrogens (tertiary/aromatic N) is 2. The standard InChI is InChI=1S/C20H20FN3O2/c21-15-10-16(12-17(11-15)24-8-4-5-9-24)22-20(25)19-13-18(23-26-19)14-6-2-1-3-7-14/h1-3,6-7,10-12,19H,4-5,8-9,13H2,(H,22,25). The molecule has 0 spiro atoms. The number of anilines is 2. The van der Waals surface area contributed by atoms with E-state index in [2.05, 4.69) is 15.4 Å². The molecule has 0 radical (unpaired) electrons. The average Bonchev–Trinajstić information content (AvgIpc) is 3.34. The van der Waals surface area contributed by atoms with E-state index in [1.807, 2.05) is 30.3 Å². The normalized spacial score (nSPS) is 19.2. The molecule has 1 N–H and O–H groups in total. The highest BCUT2D eigenvalue weighted by Gasteiger charge is 2.29. The van der Waals surface area contributed by atoms with Crippen molar-refractivity contribution in [3.05, 3.63) is 59.9 Å². The Kier molecular flexibility index (Phi) is 4.56. The zero-order valence-electron chi connectivity index (χ0n) is 14.3. The van der Waals surface area contributed by atoms with Gasteiger partial charge in [-0.15, -0.1) is 0 Å². The summed E-state index contributed by atoms with van der Waals surface area (Å²) in [5.74, 6) is -0.684. The van der Waals surface area contributed by atoms with Crippen molar-refractivity contribution in [3.8, 4) is 0 Å². The molecule has 6 heteroatoms. The summed E-state index contributed by atoms with van der Waals surface area (Å²) < 4.78 is 14.0. The van der Waals surface area contributed by atoms with Crippen molar-refractivity contribution >= 4 is 23.0 Å². The van der Waals surface area contributed by atoms with Crippen LogP contribution >= 0.6 is 0 Å². The highest BCUT2D eigenvalue weighted by atomic mass is 19.1. The van der Waals surface area contributed by atoms with Gasteiger partial charge in [0.2, 0.25) is 6.10 Å². The van der Waals surface area contributed by atoms with Crippen molar-refractivity contribution < 1.29 is 14.0 Å². The van der Waals surface area contributed by atoms with Crippen LogP contribution in [0.3, 0.4) is 0 Å². The van der Waals surface area contributed by atoms with E-state index >= 15 is 0 Å². The SMILES string of the molecule is O=C(Nc1cc(F)cc(N2CCCC2)c1)C1CC(c2ccccc2)=NO1. The fourth-order valence-electron chi connectivity index (χ4n) is 3.35.